The van der Waals surface area contributed by atoms with E-state index in [1.54, 1.807) is 12.5 Å². The molecule has 0 spiro atoms. The molecule has 0 amide bonds. The highest BCUT2D eigenvalue weighted by Crippen LogP contribution is 2.26. The summed E-state index contributed by atoms with van der Waals surface area (Å²) in [7, 11) is 0. The Morgan fingerprint density at radius 2 is 2.38 bits per heavy atom. The Morgan fingerprint density at radius 3 is 3.00 bits per heavy atom. The highest BCUT2D eigenvalue weighted by atomic mass is 35.5. The molecule has 2 unspecified atom stereocenters. The van der Waals surface area contributed by atoms with Gasteiger partial charge in [0.1, 0.15) is 12.1 Å². The molecule has 1 fully saturated rings. The number of rotatable bonds is 2. The molecular weight excluding hydrogens is 186 g/mol. The van der Waals surface area contributed by atoms with Crippen molar-refractivity contribution in [1.82, 2.24) is 9.97 Å². The third-order valence-electron chi connectivity index (χ3n) is 2.35. The summed E-state index contributed by atoms with van der Waals surface area (Å²) < 4.78 is 0. The summed E-state index contributed by atoms with van der Waals surface area (Å²) in [4.78, 5) is 7.95. The van der Waals surface area contributed by atoms with Crippen molar-refractivity contribution < 1.29 is 0 Å². The van der Waals surface area contributed by atoms with Crippen LogP contribution in [0.3, 0.4) is 0 Å². The van der Waals surface area contributed by atoms with Crippen LogP contribution in [0.15, 0.2) is 18.6 Å². The maximum atomic E-state index is 6.12. The van der Waals surface area contributed by atoms with Crippen LogP contribution in [0.1, 0.15) is 19.3 Å². The Morgan fingerprint density at radius 1 is 1.46 bits per heavy atom. The summed E-state index contributed by atoms with van der Waals surface area (Å²) in [6.45, 7) is 0. The smallest absolute Gasteiger partial charge is 0.129 e. The molecule has 1 saturated carbocycles. The molecule has 1 aliphatic rings. The molecule has 70 valence electrons. The second-order valence-corrected chi connectivity index (χ2v) is 3.85. The minimum Gasteiger partial charge on any atom is -0.366 e. The Balaban J connectivity index is 1.98. The van der Waals surface area contributed by atoms with Crippen molar-refractivity contribution >= 4 is 17.4 Å². The van der Waals surface area contributed by atoms with Crippen molar-refractivity contribution in [2.75, 3.05) is 5.32 Å². The maximum Gasteiger partial charge on any atom is 0.129 e. The molecule has 1 N–H and O–H groups in total. The van der Waals surface area contributed by atoms with Crippen molar-refractivity contribution in [2.45, 2.75) is 30.7 Å². The van der Waals surface area contributed by atoms with Crippen LogP contribution in [0, 0.1) is 0 Å². The Hall–Kier alpha value is -0.830. The number of halogens is 1. The van der Waals surface area contributed by atoms with Crippen molar-refractivity contribution in [2.24, 2.45) is 0 Å². The molecule has 1 heterocycles. The van der Waals surface area contributed by atoms with Gasteiger partial charge in [0.25, 0.3) is 0 Å². The van der Waals surface area contributed by atoms with E-state index >= 15 is 0 Å². The summed E-state index contributed by atoms with van der Waals surface area (Å²) >= 11 is 6.12. The number of nitrogens with one attached hydrogen (secondary N) is 1. The average Bonchev–Trinajstić information content (AvgIpc) is 2.54. The van der Waals surface area contributed by atoms with Crippen LogP contribution in [0.5, 0.6) is 0 Å². The second-order valence-electron chi connectivity index (χ2n) is 3.29. The predicted molar refractivity (Wildman–Crippen MR) is 52.9 cm³/mol. The molecule has 4 heteroatoms. The van der Waals surface area contributed by atoms with Crippen LogP contribution < -0.4 is 5.32 Å². The summed E-state index contributed by atoms with van der Waals surface area (Å²) in [5.74, 6) is 0.868. The fourth-order valence-electron chi connectivity index (χ4n) is 1.64. The lowest BCUT2D eigenvalue weighted by molar-refractivity contribution is 0.756. The first kappa shape index (κ1) is 8.75. The minimum atomic E-state index is 0.245. The Bertz CT molecular complexity index is 265. The van der Waals surface area contributed by atoms with Crippen molar-refractivity contribution in [3.8, 4) is 0 Å². The number of hydrogen-bond acceptors (Lipinski definition) is 3. The molecule has 1 aromatic rings. The van der Waals surface area contributed by atoms with E-state index in [1.807, 2.05) is 6.07 Å². The standard InChI is InChI=1S/C9H12ClN3/c10-7-2-1-3-8(7)13-9-4-5-11-6-12-9/h4-8H,1-3H2,(H,11,12,13). The van der Waals surface area contributed by atoms with Crippen LogP contribution in [0.4, 0.5) is 5.82 Å². The van der Waals surface area contributed by atoms with Crippen molar-refractivity contribution in [3.63, 3.8) is 0 Å². The van der Waals surface area contributed by atoms with E-state index in [2.05, 4.69) is 15.3 Å². The number of anilines is 1. The Labute approximate surface area is 82.5 Å². The third-order valence-corrected chi connectivity index (χ3v) is 2.87. The van der Waals surface area contributed by atoms with Gasteiger partial charge in [-0.2, -0.15) is 0 Å². The average molecular weight is 198 g/mol. The summed E-state index contributed by atoms with van der Waals surface area (Å²) in [6, 6.07) is 2.23. The van der Waals surface area contributed by atoms with E-state index in [0.29, 0.717) is 6.04 Å². The zero-order valence-electron chi connectivity index (χ0n) is 7.28. The first-order valence-corrected chi connectivity index (χ1v) is 4.96. The highest BCUT2D eigenvalue weighted by molar-refractivity contribution is 6.21. The molecule has 2 rings (SSSR count). The molecule has 2 atom stereocenters. The second kappa shape index (κ2) is 3.92. The Kier molecular flexibility index (Phi) is 2.64. The normalized spacial score (nSPS) is 27.5. The van der Waals surface area contributed by atoms with E-state index < -0.39 is 0 Å². The molecular formula is C9H12ClN3. The van der Waals surface area contributed by atoms with Gasteiger partial charge in [0.05, 0.1) is 5.38 Å². The van der Waals surface area contributed by atoms with Gasteiger partial charge in [-0.25, -0.2) is 9.97 Å². The van der Waals surface area contributed by atoms with Gasteiger partial charge >= 0.3 is 0 Å². The lowest BCUT2D eigenvalue weighted by Gasteiger charge is -2.15. The van der Waals surface area contributed by atoms with Crippen LogP contribution in [0.25, 0.3) is 0 Å². The molecule has 3 nitrogen and oxygen atoms in total. The number of alkyl halides is 1. The van der Waals surface area contributed by atoms with Crippen LogP contribution in [-0.2, 0) is 0 Å². The van der Waals surface area contributed by atoms with Crippen LogP contribution in [-0.4, -0.2) is 21.4 Å². The van der Waals surface area contributed by atoms with E-state index in [9.17, 15) is 0 Å². The largest absolute Gasteiger partial charge is 0.366 e. The lowest BCUT2D eigenvalue weighted by Crippen LogP contribution is -2.24. The topological polar surface area (TPSA) is 37.8 Å². The molecule has 1 aliphatic carbocycles. The fourth-order valence-corrected chi connectivity index (χ4v) is 1.99. The predicted octanol–water partition coefficient (Wildman–Crippen LogP) is 2.05. The zero-order chi connectivity index (χ0) is 9.10. The van der Waals surface area contributed by atoms with Gasteiger partial charge in [0.2, 0.25) is 0 Å². The van der Waals surface area contributed by atoms with E-state index in [-0.39, 0.29) is 5.38 Å². The number of aromatic nitrogens is 2. The highest BCUT2D eigenvalue weighted by Gasteiger charge is 2.24. The van der Waals surface area contributed by atoms with E-state index in [4.69, 9.17) is 11.6 Å². The molecule has 0 aromatic carbocycles. The van der Waals surface area contributed by atoms with Crippen LogP contribution in [0.2, 0.25) is 0 Å². The van der Waals surface area contributed by atoms with Crippen LogP contribution >= 0.6 is 11.6 Å². The summed E-state index contributed by atoms with van der Waals surface area (Å²) in [5.41, 5.74) is 0. The van der Waals surface area contributed by atoms with Gasteiger partial charge in [-0.1, -0.05) is 0 Å². The SMILES string of the molecule is ClC1CCCC1Nc1ccncn1. The van der Waals surface area contributed by atoms with Crippen molar-refractivity contribution in [1.29, 1.82) is 0 Å². The first-order chi connectivity index (χ1) is 6.36. The molecule has 1 aromatic heterocycles. The summed E-state index contributed by atoms with van der Waals surface area (Å²) in [6.07, 6.45) is 6.72. The first-order valence-electron chi connectivity index (χ1n) is 4.53. The molecule has 13 heavy (non-hydrogen) atoms. The molecule has 0 radical (unpaired) electrons. The van der Waals surface area contributed by atoms with E-state index in [0.717, 1.165) is 18.7 Å². The molecule has 0 bridgehead atoms. The molecule has 0 aliphatic heterocycles. The van der Waals surface area contributed by atoms with Gasteiger partial charge in [-0.3, -0.25) is 0 Å². The zero-order valence-corrected chi connectivity index (χ0v) is 8.04. The maximum absolute atomic E-state index is 6.12. The quantitative estimate of drug-likeness (QED) is 0.738. The monoisotopic (exact) mass is 197 g/mol. The van der Waals surface area contributed by atoms with Gasteiger partial charge in [0, 0.05) is 12.2 Å². The number of nitrogens with zero attached hydrogens (tertiary/aromatic N) is 2. The van der Waals surface area contributed by atoms with Gasteiger partial charge in [-0.05, 0) is 25.3 Å². The summed E-state index contributed by atoms with van der Waals surface area (Å²) in [5, 5.41) is 3.55. The third kappa shape index (κ3) is 2.10. The molecule has 0 saturated heterocycles. The minimum absolute atomic E-state index is 0.245. The van der Waals surface area contributed by atoms with E-state index in [1.165, 1.54) is 6.42 Å². The van der Waals surface area contributed by atoms with Gasteiger partial charge in [-0.15, -0.1) is 11.6 Å². The van der Waals surface area contributed by atoms with Crippen molar-refractivity contribution in [3.05, 3.63) is 18.6 Å². The van der Waals surface area contributed by atoms with Gasteiger partial charge in [0.15, 0.2) is 0 Å². The number of hydrogen-bond donors (Lipinski definition) is 1. The van der Waals surface area contributed by atoms with Gasteiger partial charge < -0.3 is 5.32 Å². The fraction of sp³-hybridized carbons (Fsp3) is 0.556. The lowest BCUT2D eigenvalue weighted by atomic mass is 10.2.